The molecule has 5 heteroatoms. The van der Waals surface area contributed by atoms with Crippen molar-refractivity contribution in [3.8, 4) is 5.69 Å². The molecule has 0 saturated heterocycles. The van der Waals surface area contributed by atoms with Gasteiger partial charge in [-0.2, -0.15) is 0 Å². The van der Waals surface area contributed by atoms with Crippen LogP contribution in [0.5, 0.6) is 0 Å². The molecule has 0 radical (unpaired) electrons. The van der Waals surface area contributed by atoms with Crippen LogP contribution in [0.15, 0.2) is 119 Å². The number of hydrogen-bond donors (Lipinski definition) is 1. The second-order valence-electron chi connectivity index (χ2n) is 9.45. The molecule has 0 spiro atoms. The van der Waals surface area contributed by atoms with Crippen LogP contribution in [0.25, 0.3) is 38.5 Å². The molecule has 37 heavy (non-hydrogen) atoms. The van der Waals surface area contributed by atoms with Gasteiger partial charge in [0.15, 0.2) is 0 Å². The summed E-state index contributed by atoms with van der Waals surface area (Å²) in [4.78, 5) is 13.0. The molecule has 0 atom stereocenters. The Morgan fingerprint density at radius 3 is 2.35 bits per heavy atom. The molecule has 0 unspecified atom stereocenters. The van der Waals surface area contributed by atoms with Crippen molar-refractivity contribution in [3.63, 3.8) is 0 Å². The van der Waals surface area contributed by atoms with E-state index in [0.717, 1.165) is 22.5 Å². The number of nitrogens with one attached hydrogen (secondary N) is 1. The Hall–Kier alpha value is -4.48. The summed E-state index contributed by atoms with van der Waals surface area (Å²) >= 11 is 1.81. The molecule has 7 aromatic rings. The van der Waals surface area contributed by atoms with Gasteiger partial charge >= 0.3 is 0 Å². The van der Waals surface area contributed by atoms with Crippen LogP contribution in [0, 0.1) is 6.92 Å². The van der Waals surface area contributed by atoms with Crippen molar-refractivity contribution in [2.24, 2.45) is 0 Å². The maximum Gasteiger partial charge on any atom is 0.104 e. The second-order valence-corrected chi connectivity index (χ2v) is 10.5. The Bertz CT molecular complexity index is 1980. The molecule has 3 heterocycles. The van der Waals surface area contributed by atoms with Crippen molar-refractivity contribution in [1.82, 2.24) is 14.5 Å². The summed E-state index contributed by atoms with van der Waals surface area (Å²) in [7, 11) is 0. The van der Waals surface area contributed by atoms with Gasteiger partial charge in [-0.05, 0) is 67.6 Å². The number of H-pyrrole nitrogens is 1. The van der Waals surface area contributed by atoms with Crippen molar-refractivity contribution in [3.05, 3.63) is 115 Å². The zero-order chi connectivity index (χ0) is 24.5. The van der Waals surface area contributed by atoms with Crippen molar-refractivity contribution in [2.75, 3.05) is 4.90 Å². The Morgan fingerprint density at radius 1 is 0.649 bits per heavy atom. The predicted molar refractivity (Wildman–Crippen MR) is 154 cm³/mol. The second kappa shape index (κ2) is 7.76. The summed E-state index contributed by atoms with van der Waals surface area (Å²) in [5.41, 5.74) is 9.16. The summed E-state index contributed by atoms with van der Waals surface area (Å²) < 4.78 is 2.36. The first-order chi connectivity index (χ1) is 18.2. The maximum absolute atomic E-state index is 4.69. The van der Waals surface area contributed by atoms with E-state index >= 15 is 0 Å². The van der Waals surface area contributed by atoms with Gasteiger partial charge in [-0.3, -0.25) is 0 Å². The number of benzene rings is 5. The van der Waals surface area contributed by atoms with Gasteiger partial charge in [-0.15, -0.1) is 0 Å². The van der Waals surface area contributed by atoms with E-state index in [4.69, 9.17) is 4.98 Å². The maximum atomic E-state index is 4.69. The van der Waals surface area contributed by atoms with Gasteiger partial charge in [0, 0.05) is 31.9 Å². The number of imidazole rings is 1. The highest BCUT2D eigenvalue weighted by molar-refractivity contribution is 7.99. The predicted octanol–water partition coefficient (Wildman–Crippen LogP) is 8.90. The van der Waals surface area contributed by atoms with Gasteiger partial charge < -0.3 is 14.5 Å². The Balaban J connectivity index is 1.41. The fourth-order valence-electron chi connectivity index (χ4n) is 5.62. The number of hydrogen-bond acceptors (Lipinski definition) is 3. The molecule has 1 N–H and O–H groups in total. The van der Waals surface area contributed by atoms with Crippen LogP contribution >= 0.6 is 11.8 Å². The SMILES string of the molecule is Cc1nc2cc3c(cc2[nH]1)N(c1ccc2c(c1)c1ccccc1n2-c1ccccc1)c1ccccc1S3. The van der Waals surface area contributed by atoms with E-state index < -0.39 is 0 Å². The minimum Gasteiger partial charge on any atom is -0.342 e. The first-order valence-electron chi connectivity index (χ1n) is 12.4. The molecule has 5 aromatic carbocycles. The lowest BCUT2D eigenvalue weighted by Crippen LogP contribution is -2.14. The largest absolute Gasteiger partial charge is 0.342 e. The van der Waals surface area contributed by atoms with Crippen molar-refractivity contribution in [2.45, 2.75) is 16.7 Å². The molecule has 176 valence electrons. The molecule has 0 bridgehead atoms. The summed E-state index contributed by atoms with van der Waals surface area (Å²) in [6.45, 7) is 2.01. The molecular formula is C32H22N4S. The average molecular weight is 495 g/mol. The lowest BCUT2D eigenvalue weighted by molar-refractivity contribution is 1.16. The van der Waals surface area contributed by atoms with Crippen LogP contribution in [0.3, 0.4) is 0 Å². The molecule has 0 amide bonds. The zero-order valence-corrected chi connectivity index (χ0v) is 21.0. The lowest BCUT2D eigenvalue weighted by Gasteiger charge is -2.33. The smallest absolute Gasteiger partial charge is 0.104 e. The first kappa shape index (κ1) is 20.7. The minimum absolute atomic E-state index is 0.932. The van der Waals surface area contributed by atoms with Crippen LogP contribution < -0.4 is 4.90 Å². The van der Waals surface area contributed by atoms with Crippen molar-refractivity contribution in [1.29, 1.82) is 0 Å². The minimum atomic E-state index is 0.932. The van der Waals surface area contributed by atoms with E-state index in [1.165, 1.54) is 48.7 Å². The lowest BCUT2D eigenvalue weighted by atomic mass is 10.1. The van der Waals surface area contributed by atoms with Gasteiger partial charge in [-0.1, -0.05) is 60.3 Å². The number of rotatable bonds is 2. The topological polar surface area (TPSA) is 36.9 Å². The van der Waals surface area contributed by atoms with E-state index in [1.54, 1.807) is 0 Å². The Kier molecular flexibility index (Phi) is 4.34. The highest BCUT2D eigenvalue weighted by Crippen LogP contribution is 2.52. The van der Waals surface area contributed by atoms with Crippen LogP contribution in [0.4, 0.5) is 17.1 Å². The molecule has 0 aliphatic carbocycles. The summed E-state index contributed by atoms with van der Waals surface area (Å²) in [5.74, 6) is 0.932. The zero-order valence-electron chi connectivity index (χ0n) is 20.1. The normalized spacial score (nSPS) is 12.8. The molecular weight excluding hydrogens is 472 g/mol. The molecule has 8 rings (SSSR count). The summed E-state index contributed by atoms with van der Waals surface area (Å²) in [6.07, 6.45) is 0. The number of aryl methyl sites for hydroxylation is 1. The van der Waals surface area contributed by atoms with Gasteiger partial charge in [0.2, 0.25) is 0 Å². The monoisotopic (exact) mass is 494 g/mol. The van der Waals surface area contributed by atoms with Gasteiger partial charge in [0.05, 0.1) is 33.4 Å². The highest BCUT2D eigenvalue weighted by Gasteiger charge is 2.26. The molecule has 1 aliphatic heterocycles. The molecule has 2 aromatic heterocycles. The summed E-state index contributed by atoms with van der Waals surface area (Å²) in [6, 6.07) is 39.3. The average Bonchev–Trinajstić information content (AvgIpc) is 3.46. The quantitative estimate of drug-likeness (QED) is 0.261. The van der Waals surface area contributed by atoms with Crippen LogP contribution in [-0.4, -0.2) is 14.5 Å². The number of nitrogens with zero attached hydrogens (tertiary/aromatic N) is 3. The Morgan fingerprint density at radius 2 is 1.43 bits per heavy atom. The van der Waals surface area contributed by atoms with E-state index in [9.17, 15) is 0 Å². The van der Waals surface area contributed by atoms with Crippen LogP contribution in [0.1, 0.15) is 5.82 Å². The molecule has 1 aliphatic rings. The first-order valence-corrected chi connectivity index (χ1v) is 13.2. The van der Waals surface area contributed by atoms with Gasteiger partial charge in [0.1, 0.15) is 5.82 Å². The number of anilines is 3. The van der Waals surface area contributed by atoms with E-state index in [-0.39, 0.29) is 0 Å². The Labute approximate surface area is 218 Å². The highest BCUT2D eigenvalue weighted by atomic mass is 32.2. The van der Waals surface area contributed by atoms with Crippen molar-refractivity contribution >= 4 is 61.7 Å². The fourth-order valence-corrected chi connectivity index (χ4v) is 6.69. The van der Waals surface area contributed by atoms with E-state index in [2.05, 4.69) is 124 Å². The third-order valence-electron chi connectivity index (χ3n) is 7.18. The van der Waals surface area contributed by atoms with E-state index in [0.29, 0.717) is 0 Å². The summed E-state index contributed by atoms with van der Waals surface area (Å²) in [5, 5.41) is 2.50. The third-order valence-corrected chi connectivity index (χ3v) is 8.29. The number of aromatic amines is 1. The van der Waals surface area contributed by atoms with Crippen LogP contribution in [0.2, 0.25) is 0 Å². The van der Waals surface area contributed by atoms with E-state index in [1.807, 2.05) is 18.7 Å². The van der Waals surface area contributed by atoms with Crippen LogP contribution in [-0.2, 0) is 0 Å². The molecule has 0 fully saturated rings. The fraction of sp³-hybridized carbons (Fsp3) is 0.0312. The standard InChI is InChI=1S/C32H22N4S/c1-20-33-25-18-30-32(19-26(25)34-20)37-31-14-8-7-13-29(31)36(30)22-15-16-28-24(17-22)23-11-5-6-12-27(23)35(28)21-9-3-2-4-10-21/h2-19H,1H3,(H,33,34). The van der Waals surface area contributed by atoms with Crippen molar-refractivity contribution < 1.29 is 0 Å². The molecule has 0 saturated carbocycles. The number of para-hydroxylation sites is 3. The molecule has 4 nitrogen and oxygen atoms in total. The third kappa shape index (κ3) is 3.07. The number of aromatic nitrogens is 3. The van der Waals surface area contributed by atoms with Gasteiger partial charge in [0.25, 0.3) is 0 Å². The number of fused-ring (bicyclic) bond motifs is 6. The van der Waals surface area contributed by atoms with Gasteiger partial charge in [-0.25, -0.2) is 4.98 Å².